The molecule has 0 aliphatic rings. The van der Waals surface area contributed by atoms with Crippen LogP contribution in [0.2, 0.25) is 0 Å². The van der Waals surface area contributed by atoms with Crippen LogP contribution in [0, 0.1) is 0 Å². The molecular formula is C10H13BrN2O2. The van der Waals surface area contributed by atoms with Gasteiger partial charge in [0.1, 0.15) is 11.4 Å². The Morgan fingerprint density at radius 3 is 2.80 bits per heavy atom. The smallest absolute Gasteiger partial charge is 0.341 e. The molecule has 5 heteroatoms. The minimum Gasteiger partial charge on any atom is -0.462 e. The second-order valence-corrected chi connectivity index (χ2v) is 4.06. The van der Waals surface area contributed by atoms with E-state index in [-0.39, 0.29) is 5.97 Å². The maximum absolute atomic E-state index is 11.6. The van der Waals surface area contributed by atoms with Crippen molar-refractivity contribution in [2.75, 3.05) is 25.6 Å². The summed E-state index contributed by atoms with van der Waals surface area (Å²) in [5, 5.41) is 0. The van der Waals surface area contributed by atoms with Crippen LogP contribution in [-0.2, 0) is 4.74 Å². The molecule has 82 valence electrons. The maximum atomic E-state index is 11.6. The van der Waals surface area contributed by atoms with Gasteiger partial charge in [-0.1, -0.05) is 0 Å². The van der Waals surface area contributed by atoms with E-state index in [1.807, 2.05) is 14.1 Å². The SMILES string of the molecule is CCOC(=O)c1cc(Br)cnc1N(C)C. The quantitative estimate of drug-likeness (QED) is 0.791. The number of pyridine rings is 1. The topological polar surface area (TPSA) is 42.4 Å². The van der Waals surface area contributed by atoms with Crippen LogP contribution in [0.5, 0.6) is 0 Å². The highest BCUT2D eigenvalue weighted by atomic mass is 79.9. The Balaban J connectivity index is 3.12. The molecule has 0 unspecified atom stereocenters. The van der Waals surface area contributed by atoms with Gasteiger partial charge in [0.2, 0.25) is 0 Å². The molecule has 0 radical (unpaired) electrons. The van der Waals surface area contributed by atoms with E-state index in [2.05, 4.69) is 20.9 Å². The fourth-order valence-electron chi connectivity index (χ4n) is 1.15. The molecule has 0 aliphatic heterocycles. The predicted octanol–water partition coefficient (Wildman–Crippen LogP) is 2.09. The van der Waals surface area contributed by atoms with Gasteiger partial charge in [0.25, 0.3) is 0 Å². The Morgan fingerprint density at radius 1 is 1.60 bits per heavy atom. The lowest BCUT2D eigenvalue weighted by atomic mass is 10.2. The molecule has 1 heterocycles. The van der Waals surface area contributed by atoms with Gasteiger partial charge in [-0.25, -0.2) is 9.78 Å². The normalized spacial score (nSPS) is 9.87. The van der Waals surface area contributed by atoms with Crippen molar-refractivity contribution in [1.82, 2.24) is 4.98 Å². The minimum absolute atomic E-state index is 0.352. The van der Waals surface area contributed by atoms with E-state index in [1.165, 1.54) is 0 Å². The number of esters is 1. The number of rotatable bonds is 3. The number of anilines is 1. The molecule has 0 N–H and O–H groups in total. The molecule has 1 aromatic rings. The van der Waals surface area contributed by atoms with E-state index in [1.54, 1.807) is 24.1 Å². The molecule has 0 saturated carbocycles. The Hall–Kier alpha value is -1.10. The van der Waals surface area contributed by atoms with Crippen molar-refractivity contribution in [2.45, 2.75) is 6.92 Å². The van der Waals surface area contributed by atoms with Gasteiger partial charge in [-0.2, -0.15) is 0 Å². The molecule has 0 atom stereocenters. The Kier molecular flexibility index (Phi) is 4.08. The van der Waals surface area contributed by atoms with E-state index < -0.39 is 0 Å². The van der Waals surface area contributed by atoms with E-state index in [4.69, 9.17) is 4.74 Å². The number of hydrogen-bond donors (Lipinski definition) is 0. The lowest BCUT2D eigenvalue weighted by Gasteiger charge is -2.15. The minimum atomic E-state index is -0.352. The van der Waals surface area contributed by atoms with Crippen molar-refractivity contribution < 1.29 is 9.53 Å². The van der Waals surface area contributed by atoms with Gasteiger partial charge in [-0.3, -0.25) is 0 Å². The van der Waals surface area contributed by atoms with Crippen molar-refractivity contribution in [1.29, 1.82) is 0 Å². The Bertz CT molecular complexity index is 366. The van der Waals surface area contributed by atoms with Gasteiger partial charge in [-0.15, -0.1) is 0 Å². The van der Waals surface area contributed by atoms with E-state index in [9.17, 15) is 4.79 Å². The molecule has 0 fully saturated rings. The zero-order valence-electron chi connectivity index (χ0n) is 8.95. The van der Waals surface area contributed by atoms with Crippen LogP contribution in [0.15, 0.2) is 16.7 Å². The average Bonchev–Trinajstić information content (AvgIpc) is 2.17. The highest BCUT2D eigenvalue weighted by Crippen LogP contribution is 2.20. The second kappa shape index (κ2) is 5.11. The fourth-order valence-corrected chi connectivity index (χ4v) is 1.48. The summed E-state index contributed by atoms with van der Waals surface area (Å²) in [6, 6.07) is 1.71. The van der Waals surface area contributed by atoms with Crippen LogP contribution < -0.4 is 4.90 Å². The number of nitrogens with zero attached hydrogens (tertiary/aromatic N) is 2. The highest BCUT2D eigenvalue weighted by Gasteiger charge is 2.15. The Morgan fingerprint density at radius 2 is 2.27 bits per heavy atom. The lowest BCUT2D eigenvalue weighted by Crippen LogP contribution is -2.17. The molecule has 4 nitrogen and oxygen atoms in total. The molecule has 1 rings (SSSR count). The summed E-state index contributed by atoms with van der Waals surface area (Å²) in [5.74, 6) is 0.256. The summed E-state index contributed by atoms with van der Waals surface area (Å²) >= 11 is 3.28. The predicted molar refractivity (Wildman–Crippen MR) is 62.2 cm³/mol. The summed E-state index contributed by atoms with van der Waals surface area (Å²) in [7, 11) is 3.66. The molecule has 0 spiro atoms. The van der Waals surface area contributed by atoms with Crippen molar-refractivity contribution >= 4 is 27.7 Å². The third kappa shape index (κ3) is 2.92. The number of ether oxygens (including phenoxy) is 1. The van der Waals surface area contributed by atoms with E-state index >= 15 is 0 Å². The van der Waals surface area contributed by atoms with Crippen molar-refractivity contribution in [3.05, 3.63) is 22.3 Å². The number of hydrogen-bond acceptors (Lipinski definition) is 4. The largest absolute Gasteiger partial charge is 0.462 e. The van der Waals surface area contributed by atoms with Crippen molar-refractivity contribution in [2.24, 2.45) is 0 Å². The first-order chi connectivity index (χ1) is 7.06. The third-order valence-electron chi connectivity index (χ3n) is 1.75. The standard InChI is InChI=1S/C10H13BrN2O2/c1-4-15-10(14)8-5-7(11)6-12-9(8)13(2)3/h5-6H,4H2,1-3H3. The van der Waals surface area contributed by atoms with Crippen LogP contribution in [0.1, 0.15) is 17.3 Å². The van der Waals surface area contributed by atoms with Gasteiger partial charge in [0.05, 0.1) is 6.61 Å². The summed E-state index contributed by atoms with van der Waals surface area (Å²) in [6.45, 7) is 2.14. The monoisotopic (exact) mass is 272 g/mol. The van der Waals surface area contributed by atoms with Gasteiger partial charge < -0.3 is 9.64 Å². The Labute approximate surface area is 97.4 Å². The zero-order valence-corrected chi connectivity index (χ0v) is 10.5. The number of carbonyl (C=O) groups excluding carboxylic acids is 1. The van der Waals surface area contributed by atoms with Crippen molar-refractivity contribution in [3.8, 4) is 0 Å². The second-order valence-electron chi connectivity index (χ2n) is 3.14. The summed E-state index contributed by atoms with van der Waals surface area (Å²) < 4.78 is 5.71. The molecule has 1 aromatic heterocycles. The van der Waals surface area contributed by atoms with E-state index in [0.29, 0.717) is 18.0 Å². The molecule has 15 heavy (non-hydrogen) atoms. The maximum Gasteiger partial charge on any atom is 0.341 e. The van der Waals surface area contributed by atoms with Crippen LogP contribution in [-0.4, -0.2) is 31.7 Å². The third-order valence-corrected chi connectivity index (χ3v) is 2.19. The van der Waals surface area contributed by atoms with E-state index in [0.717, 1.165) is 4.47 Å². The van der Waals surface area contributed by atoms with Crippen molar-refractivity contribution in [3.63, 3.8) is 0 Å². The van der Waals surface area contributed by atoms with Crippen LogP contribution in [0.3, 0.4) is 0 Å². The number of carbonyl (C=O) groups is 1. The first kappa shape index (κ1) is 12.0. The van der Waals surface area contributed by atoms with Gasteiger partial charge >= 0.3 is 5.97 Å². The first-order valence-corrected chi connectivity index (χ1v) is 5.35. The van der Waals surface area contributed by atoms with Crippen LogP contribution in [0.4, 0.5) is 5.82 Å². The zero-order chi connectivity index (χ0) is 11.4. The molecule has 0 aromatic carbocycles. The molecule has 0 bridgehead atoms. The molecular weight excluding hydrogens is 260 g/mol. The van der Waals surface area contributed by atoms with Crippen LogP contribution in [0.25, 0.3) is 0 Å². The summed E-state index contributed by atoms with van der Waals surface area (Å²) in [6.07, 6.45) is 1.65. The van der Waals surface area contributed by atoms with Gasteiger partial charge in [0, 0.05) is 24.8 Å². The van der Waals surface area contributed by atoms with Crippen LogP contribution >= 0.6 is 15.9 Å². The number of halogens is 1. The first-order valence-electron chi connectivity index (χ1n) is 4.56. The molecule has 0 aliphatic carbocycles. The average molecular weight is 273 g/mol. The van der Waals surface area contributed by atoms with Gasteiger partial charge in [0.15, 0.2) is 0 Å². The van der Waals surface area contributed by atoms with Gasteiger partial charge in [-0.05, 0) is 28.9 Å². The fraction of sp³-hybridized carbons (Fsp3) is 0.400. The summed E-state index contributed by atoms with van der Waals surface area (Å²) in [5.41, 5.74) is 0.469. The number of aromatic nitrogens is 1. The molecule has 0 saturated heterocycles. The molecule has 0 amide bonds. The highest BCUT2D eigenvalue weighted by molar-refractivity contribution is 9.10. The summed E-state index contributed by atoms with van der Waals surface area (Å²) in [4.78, 5) is 17.5. The lowest BCUT2D eigenvalue weighted by molar-refractivity contribution is 0.0526.